The molecule has 1 aromatic rings. The first-order valence-electron chi connectivity index (χ1n) is 3.46. The van der Waals surface area contributed by atoms with Crippen LogP contribution in [0.2, 0.25) is 10.0 Å². The predicted molar refractivity (Wildman–Crippen MR) is 50.7 cm³/mol. The van der Waals surface area contributed by atoms with E-state index in [0.29, 0.717) is 10.6 Å². The van der Waals surface area contributed by atoms with Crippen LogP contribution in [0.3, 0.4) is 0 Å². The molecule has 0 saturated heterocycles. The van der Waals surface area contributed by atoms with Gasteiger partial charge in [0.15, 0.2) is 0 Å². The quantitative estimate of drug-likeness (QED) is 0.741. The van der Waals surface area contributed by atoms with Gasteiger partial charge in [-0.05, 0) is 13.0 Å². The highest BCUT2D eigenvalue weighted by Crippen LogP contribution is 2.35. The van der Waals surface area contributed by atoms with E-state index in [1.807, 2.05) is 0 Å². The molecule has 1 atom stereocenters. The highest BCUT2D eigenvalue weighted by atomic mass is 35.5. The monoisotopic (exact) mass is 205 g/mol. The summed E-state index contributed by atoms with van der Waals surface area (Å²) >= 11 is 11.3. The largest absolute Gasteiger partial charge is 0.506 e. The summed E-state index contributed by atoms with van der Waals surface area (Å²) in [5.74, 6) is -0.0285. The molecule has 0 fully saturated rings. The molecule has 12 heavy (non-hydrogen) atoms. The first-order valence-corrected chi connectivity index (χ1v) is 4.22. The summed E-state index contributed by atoms with van der Waals surface area (Å²) in [5, 5.41) is 9.94. The van der Waals surface area contributed by atoms with Crippen LogP contribution in [0, 0.1) is 0 Å². The maximum atomic E-state index is 9.45. The average Bonchev–Trinajstić information content (AvgIpc) is 2.00. The maximum absolute atomic E-state index is 9.45. The molecule has 66 valence electrons. The van der Waals surface area contributed by atoms with Crippen molar-refractivity contribution in [2.45, 2.75) is 13.0 Å². The SMILES string of the molecule is CC(N)c1ccc(Cl)c(Cl)c1O. The van der Waals surface area contributed by atoms with Crippen LogP contribution in [0.15, 0.2) is 12.1 Å². The zero-order valence-corrected chi connectivity index (χ0v) is 8.02. The Labute approximate surface area is 80.9 Å². The molecule has 0 spiro atoms. The van der Waals surface area contributed by atoms with E-state index in [1.54, 1.807) is 19.1 Å². The van der Waals surface area contributed by atoms with Crippen molar-refractivity contribution in [3.8, 4) is 5.75 Å². The molecule has 0 heterocycles. The number of phenolic OH excluding ortho intramolecular Hbond substituents is 1. The van der Waals surface area contributed by atoms with E-state index in [-0.39, 0.29) is 16.8 Å². The minimum absolute atomic E-state index is 0.0285. The van der Waals surface area contributed by atoms with Gasteiger partial charge in [-0.25, -0.2) is 0 Å². The fraction of sp³-hybridized carbons (Fsp3) is 0.250. The van der Waals surface area contributed by atoms with Crippen molar-refractivity contribution in [1.82, 2.24) is 0 Å². The van der Waals surface area contributed by atoms with Gasteiger partial charge in [0.1, 0.15) is 10.8 Å². The zero-order chi connectivity index (χ0) is 9.30. The molecule has 0 radical (unpaired) electrons. The summed E-state index contributed by atoms with van der Waals surface area (Å²) in [4.78, 5) is 0. The molecule has 0 aliphatic heterocycles. The van der Waals surface area contributed by atoms with Crippen molar-refractivity contribution in [3.05, 3.63) is 27.7 Å². The number of hydrogen-bond donors (Lipinski definition) is 2. The van der Waals surface area contributed by atoms with Crippen molar-refractivity contribution < 1.29 is 5.11 Å². The van der Waals surface area contributed by atoms with Crippen LogP contribution in [0.4, 0.5) is 0 Å². The highest BCUT2D eigenvalue weighted by Gasteiger charge is 2.11. The summed E-state index contributed by atoms with van der Waals surface area (Å²) in [6.07, 6.45) is 0. The fourth-order valence-corrected chi connectivity index (χ4v) is 1.25. The highest BCUT2D eigenvalue weighted by molar-refractivity contribution is 6.43. The molecule has 0 amide bonds. The van der Waals surface area contributed by atoms with Gasteiger partial charge in [0, 0.05) is 11.6 Å². The van der Waals surface area contributed by atoms with Gasteiger partial charge in [-0.1, -0.05) is 29.3 Å². The third-order valence-corrected chi connectivity index (χ3v) is 2.39. The molecule has 1 rings (SSSR count). The zero-order valence-electron chi connectivity index (χ0n) is 6.51. The third-order valence-electron chi connectivity index (χ3n) is 1.59. The van der Waals surface area contributed by atoms with E-state index < -0.39 is 0 Å². The van der Waals surface area contributed by atoms with Crippen LogP contribution in [-0.2, 0) is 0 Å². The fourth-order valence-electron chi connectivity index (χ4n) is 0.922. The minimum atomic E-state index is -0.250. The molecule has 1 aromatic carbocycles. The molecule has 1 unspecified atom stereocenters. The topological polar surface area (TPSA) is 46.2 Å². The van der Waals surface area contributed by atoms with Crippen molar-refractivity contribution in [1.29, 1.82) is 0 Å². The minimum Gasteiger partial charge on any atom is -0.506 e. The Hall–Kier alpha value is -0.440. The number of hydrogen-bond acceptors (Lipinski definition) is 2. The number of aromatic hydroxyl groups is 1. The number of halogens is 2. The molecule has 0 saturated carbocycles. The Balaban J connectivity index is 3.27. The van der Waals surface area contributed by atoms with Gasteiger partial charge in [-0.15, -0.1) is 0 Å². The van der Waals surface area contributed by atoms with Gasteiger partial charge in [0.05, 0.1) is 5.02 Å². The van der Waals surface area contributed by atoms with E-state index in [1.165, 1.54) is 0 Å². The molecule has 0 aliphatic rings. The summed E-state index contributed by atoms with van der Waals surface area (Å²) in [5.41, 5.74) is 6.17. The first kappa shape index (κ1) is 9.65. The van der Waals surface area contributed by atoms with Crippen molar-refractivity contribution in [2.24, 2.45) is 5.73 Å². The molecule has 3 N–H and O–H groups in total. The van der Waals surface area contributed by atoms with E-state index in [4.69, 9.17) is 28.9 Å². The Kier molecular flexibility index (Phi) is 2.83. The van der Waals surface area contributed by atoms with Crippen molar-refractivity contribution in [2.75, 3.05) is 0 Å². The van der Waals surface area contributed by atoms with Crippen LogP contribution in [0.1, 0.15) is 18.5 Å². The molecule has 0 bridgehead atoms. The number of phenols is 1. The smallest absolute Gasteiger partial charge is 0.140 e. The van der Waals surface area contributed by atoms with Gasteiger partial charge in [0.25, 0.3) is 0 Å². The summed E-state index contributed by atoms with van der Waals surface area (Å²) in [7, 11) is 0. The molecule has 0 aliphatic carbocycles. The number of nitrogens with two attached hydrogens (primary N) is 1. The van der Waals surface area contributed by atoms with Crippen LogP contribution in [0.5, 0.6) is 5.75 Å². The lowest BCUT2D eigenvalue weighted by molar-refractivity contribution is 0.464. The lowest BCUT2D eigenvalue weighted by Gasteiger charge is -2.09. The van der Waals surface area contributed by atoms with E-state index in [0.717, 1.165) is 0 Å². The van der Waals surface area contributed by atoms with Crippen molar-refractivity contribution in [3.63, 3.8) is 0 Å². The van der Waals surface area contributed by atoms with Gasteiger partial charge in [0.2, 0.25) is 0 Å². The molecular formula is C8H9Cl2NO. The second-order valence-corrected chi connectivity index (χ2v) is 3.37. The average molecular weight is 206 g/mol. The normalized spacial score (nSPS) is 13.0. The standard InChI is InChI=1S/C8H9Cl2NO/c1-4(11)5-2-3-6(9)7(10)8(5)12/h2-4,12H,11H2,1H3. The maximum Gasteiger partial charge on any atom is 0.140 e. The predicted octanol–water partition coefficient (Wildman–Crippen LogP) is 2.72. The van der Waals surface area contributed by atoms with Gasteiger partial charge in [-0.3, -0.25) is 0 Å². The first-order chi connectivity index (χ1) is 5.54. The Bertz CT molecular complexity index is 299. The number of rotatable bonds is 1. The van der Waals surface area contributed by atoms with Crippen LogP contribution < -0.4 is 5.73 Å². The Morgan fingerprint density at radius 1 is 1.42 bits per heavy atom. The van der Waals surface area contributed by atoms with E-state index >= 15 is 0 Å². The van der Waals surface area contributed by atoms with Gasteiger partial charge in [-0.2, -0.15) is 0 Å². The van der Waals surface area contributed by atoms with Crippen molar-refractivity contribution >= 4 is 23.2 Å². The van der Waals surface area contributed by atoms with Crippen LogP contribution in [-0.4, -0.2) is 5.11 Å². The summed E-state index contributed by atoms with van der Waals surface area (Å²) < 4.78 is 0. The second-order valence-electron chi connectivity index (χ2n) is 2.59. The molecule has 0 aromatic heterocycles. The van der Waals surface area contributed by atoms with E-state index in [2.05, 4.69) is 0 Å². The lowest BCUT2D eigenvalue weighted by Crippen LogP contribution is -2.05. The Morgan fingerprint density at radius 3 is 2.50 bits per heavy atom. The summed E-state index contributed by atoms with van der Waals surface area (Å²) in [6, 6.07) is 3.02. The van der Waals surface area contributed by atoms with Crippen LogP contribution >= 0.6 is 23.2 Å². The molecule has 2 nitrogen and oxygen atoms in total. The molecule has 4 heteroatoms. The van der Waals surface area contributed by atoms with Gasteiger partial charge >= 0.3 is 0 Å². The van der Waals surface area contributed by atoms with Crippen LogP contribution in [0.25, 0.3) is 0 Å². The number of benzene rings is 1. The second kappa shape index (κ2) is 3.52. The van der Waals surface area contributed by atoms with Gasteiger partial charge < -0.3 is 10.8 Å². The Morgan fingerprint density at radius 2 is 2.00 bits per heavy atom. The molecular weight excluding hydrogens is 197 g/mol. The summed E-state index contributed by atoms with van der Waals surface area (Å²) in [6.45, 7) is 1.76. The van der Waals surface area contributed by atoms with E-state index in [9.17, 15) is 5.11 Å². The third kappa shape index (κ3) is 1.66. The lowest BCUT2D eigenvalue weighted by atomic mass is 10.1.